The summed E-state index contributed by atoms with van der Waals surface area (Å²) in [6.07, 6.45) is 0. The molecule has 2 heterocycles. The molecule has 0 spiro atoms. The van der Waals surface area contributed by atoms with Crippen LogP contribution in [-0.4, -0.2) is 16.0 Å². The highest BCUT2D eigenvalue weighted by Gasteiger charge is 2.22. The molecule has 2 unspecified atom stereocenters. The summed E-state index contributed by atoms with van der Waals surface area (Å²) >= 11 is 1.41. The number of aromatic amines is 1. The van der Waals surface area contributed by atoms with Crippen molar-refractivity contribution in [2.75, 3.05) is 0 Å². The minimum absolute atomic E-state index is 0.0846. The van der Waals surface area contributed by atoms with Gasteiger partial charge in [-0.05, 0) is 32.9 Å². The number of hydrogen-bond acceptors (Lipinski definition) is 5. The zero-order valence-corrected chi connectivity index (χ0v) is 12.0. The third-order valence-electron chi connectivity index (χ3n) is 2.61. The quantitative estimate of drug-likeness (QED) is 0.661. The van der Waals surface area contributed by atoms with Gasteiger partial charge in [0.1, 0.15) is 11.5 Å². The number of H-pyrrole nitrogens is 1. The third-order valence-corrected chi connectivity index (χ3v) is 3.94. The summed E-state index contributed by atoms with van der Waals surface area (Å²) in [6.45, 7) is 5.58. The number of nitrogens with zero attached hydrogens (tertiary/aromatic N) is 1. The lowest BCUT2D eigenvalue weighted by molar-refractivity contribution is 0.464. The van der Waals surface area contributed by atoms with Gasteiger partial charge in [-0.15, -0.1) is 0 Å². The first-order chi connectivity index (χ1) is 8.95. The number of nitrogens with two attached hydrogens (primary N) is 1. The smallest absolute Gasteiger partial charge is 0.251 e. The second-order valence-electron chi connectivity index (χ2n) is 4.54. The van der Waals surface area contributed by atoms with Gasteiger partial charge in [0.25, 0.3) is 5.56 Å². The van der Waals surface area contributed by atoms with Crippen molar-refractivity contribution in [3.05, 3.63) is 45.8 Å². The third kappa shape index (κ3) is 3.48. The Labute approximate surface area is 115 Å². The largest absolute Gasteiger partial charge is 0.465 e. The molecule has 2 aromatic rings. The Morgan fingerprint density at radius 2 is 2.16 bits per heavy atom. The van der Waals surface area contributed by atoms with Crippen molar-refractivity contribution in [3.63, 3.8) is 0 Å². The van der Waals surface area contributed by atoms with Crippen LogP contribution in [0.15, 0.2) is 32.6 Å². The van der Waals surface area contributed by atoms with Gasteiger partial charge in [-0.25, -0.2) is 4.98 Å². The molecule has 3 N–H and O–H groups in total. The van der Waals surface area contributed by atoms with Crippen molar-refractivity contribution in [1.29, 1.82) is 0 Å². The lowest BCUT2D eigenvalue weighted by atomic mass is 10.2. The van der Waals surface area contributed by atoms with Crippen molar-refractivity contribution < 1.29 is 4.42 Å². The van der Waals surface area contributed by atoms with Crippen LogP contribution < -0.4 is 11.3 Å². The van der Waals surface area contributed by atoms with Crippen molar-refractivity contribution in [2.45, 2.75) is 37.2 Å². The summed E-state index contributed by atoms with van der Waals surface area (Å²) in [7, 11) is 0. The zero-order valence-electron chi connectivity index (χ0n) is 11.1. The van der Waals surface area contributed by atoms with E-state index in [1.54, 1.807) is 6.92 Å². The maximum absolute atomic E-state index is 11.4. The Balaban J connectivity index is 2.28. The maximum Gasteiger partial charge on any atom is 0.251 e. The first kappa shape index (κ1) is 13.9. The molecule has 0 aliphatic carbocycles. The molecule has 0 fully saturated rings. The molecule has 5 nitrogen and oxygen atoms in total. The van der Waals surface area contributed by atoms with E-state index in [0.717, 1.165) is 11.5 Å². The van der Waals surface area contributed by atoms with Gasteiger partial charge in [-0.1, -0.05) is 11.8 Å². The van der Waals surface area contributed by atoms with Gasteiger partial charge >= 0.3 is 0 Å². The standard InChI is InChI=1S/C13H17N3O2S/c1-7-6-11(17)16-13(15-7)19-12(9(3)14)10-5-4-8(2)18-10/h4-6,9,12H,14H2,1-3H3,(H,15,16,17). The van der Waals surface area contributed by atoms with Gasteiger partial charge in [-0.2, -0.15) is 0 Å². The highest BCUT2D eigenvalue weighted by atomic mass is 32.2. The SMILES string of the molecule is Cc1cc(=O)[nH]c(SC(c2ccc(C)o2)C(C)N)n1. The van der Waals surface area contributed by atoms with Crippen LogP contribution in [0.4, 0.5) is 0 Å². The van der Waals surface area contributed by atoms with E-state index in [0.29, 0.717) is 10.9 Å². The van der Waals surface area contributed by atoms with Crippen LogP contribution >= 0.6 is 11.8 Å². The molecule has 0 saturated carbocycles. The van der Waals surface area contributed by atoms with E-state index in [4.69, 9.17) is 10.2 Å². The van der Waals surface area contributed by atoms with E-state index in [2.05, 4.69) is 9.97 Å². The number of hydrogen-bond donors (Lipinski definition) is 2. The molecule has 0 aliphatic rings. The molecular weight excluding hydrogens is 262 g/mol. The minimum Gasteiger partial charge on any atom is -0.465 e. The predicted molar refractivity (Wildman–Crippen MR) is 75.3 cm³/mol. The van der Waals surface area contributed by atoms with E-state index in [-0.39, 0.29) is 16.9 Å². The minimum atomic E-state index is -0.158. The number of aryl methyl sites for hydroxylation is 2. The Bertz CT molecular complexity index is 618. The molecule has 0 amide bonds. The Hall–Kier alpha value is -1.53. The van der Waals surface area contributed by atoms with E-state index >= 15 is 0 Å². The van der Waals surface area contributed by atoms with Crippen LogP contribution in [0.5, 0.6) is 0 Å². The van der Waals surface area contributed by atoms with E-state index < -0.39 is 0 Å². The molecule has 2 aromatic heterocycles. The number of furan rings is 1. The predicted octanol–water partition coefficient (Wildman–Crippen LogP) is 2.16. The molecule has 0 saturated heterocycles. The second-order valence-corrected chi connectivity index (χ2v) is 5.67. The molecule has 0 radical (unpaired) electrons. The number of thioether (sulfide) groups is 1. The summed E-state index contributed by atoms with van der Waals surface area (Å²) in [5.41, 5.74) is 6.53. The van der Waals surface area contributed by atoms with Crippen LogP contribution in [0, 0.1) is 13.8 Å². The topological polar surface area (TPSA) is 84.9 Å². The van der Waals surface area contributed by atoms with E-state index in [9.17, 15) is 4.79 Å². The Morgan fingerprint density at radius 1 is 1.42 bits per heavy atom. The van der Waals surface area contributed by atoms with Gasteiger partial charge < -0.3 is 15.1 Å². The lowest BCUT2D eigenvalue weighted by Crippen LogP contribution is -2.23. The molecule has 0 aromatic carbocycles. The van der Waals surface area contributed by atoms with Crippen LogP contribution in [0.2, 0.25) is 0 Å². The number of rotatable bonds is 4. The molecule has 2 rings (SSSR count). The lowest BCUT2D eigenvalue weighted by Gasteiger charge is -2.17. The van der Waals surface area contributed by atoms with Crippen LogP contribution in [0.3, 0.4) is 0 Å². The van der Waals surface area contributed by atoms with Crippen LogP contribution in [0.1, 0.15) is 29.4 Å². The monoisotopic (exact) mass is 279 g/mol. The average molecular weight is 279 g/mol. The zero-order chi connectivity index (χ0) is 14.0. The van der Waals surface area contributed by atoms with Gasteiger partial charge in [0.05, 0.1) is 5.25 Å². The average Bonchev–Trinajstić information content (AvgIpc) is 2.70. The van der Waals surface area contributed by atoms with Crippen LogP contribution in [-0.2, 0) is 0 Å². The fourth-order valence-electron chi connectivity index (χ4n) is 1.76. The maximum atomic E-state index is 11.4. The van der Waals surface area contributed by atoms with Crippen LogP contribution in [0.25, 0.3) is 0 Å². The molecular formula is C13H17N3O2S. The molecule has 2 atom stereocenters. The molecule has 102 valence electrons. The van der Waals surface area contributed by atoms with Crippen molar-refractivity contribution in [2.24, 2.45) is 5.73 Å². The summed E-state index contributed by atoms with van der Waals surface area (Å²) in [6, 6.07) is 5.14. The molecule has 19 heavy (non-hydrogen) atoms. The summed E-state index contributed by atoms with van der Waals surface area (Å²) in [5.74, 6) is 1.63. The molecule has 0 aliphatic heterocycles. The first-order valence-electron chi connectivity index (χ1n) is 6.02. The van der Waals surface area contributed by atoms with E-state index in [1.807, 2.05) is 26.0 Å². The van der Waals surface area contributed by atoms with E-state index in [1.165, 1.54) is 17.8 Å². The normalized spacial score (nSPS) is 14.3. The summed E-state index contributed by atoms with van der Waals surface area (Å²) in [5, 5.41) is 0.472. The summed E-state index contributed by atoms with van der Waals surface area (Å²) < 4.78 is 5.62. The molecule has 0 bridgehead atoms. The number of nitrogens with one attached hydrogen (secondary N) is 1. The van der Waals surface area contributed by atoms with Gasteiger partial charge in [-0.3, -0.25) is 4.79 Å². The fraction of sp³-hybridized carbons (Fsp3) is 0.385. The first-order valence-corrected chi connectivity index (χ1v) is 6.90. The van der Waals surface area contributed by atoms with Crippen molar-refractivity contribution in [1.82, 2.24) is 9.97 Å². The highest BCUT2D eigenvalue weighted by Crippen LogP contribution is 2.35. The number of aromatic nitrogens is 2. The van der Waals surface area contributed by atoms with Gasteiger partial charge in [0.2, 0.25) is 0 Å². The Kier molecular flexibility index (Phi) is 4.11. The second kappa shape index (κ2) is 5.63. The summed E-state index contributed by atoms with van der Waals surface area (Å²) in [4.78, 5) is 18.4. The van der Waals surface area contributed by atoms with Crippen molar-refractivity contribution >= 4 is 11.8 Å². The highest BCUT2D eigenvalue weighted by molar-refractivity contribution is 7.99. The fourth-order valence-corrected chi connectivity index (χ4v) is 2.81. The molecule has 6 heteroatoms. The van der Waals surface area contributed by atoms with Gasteiger partial charge in [0.15, 0.2) is 5.16 Å². The Morgan fingerprint density at radius 3 is 2.68 bits per heavy atom. The van der Waals surface area contributed by atoms with Crippen molar-refractivity contribution in [3.8, 4) is 0 Å². The van der Waals surface area contributed by atoms with Gasteiger partial charge in [0, 0.05) is 17.8 Å².